The van der Waals surface area contributed by atoms with E-state index in [1.54, 1.807) is 0 Å². The van der Waals surface area contributed by atoms with Crippen LogP contribution in [0.25, 0.3) is 11.4 Å². The maximum atomic E-state index is 13.5. The van der Waals surface area contributed by atoms with E-state index in [9.17, 15) is 14.0 Å². The highest BCUT2D eigenvalue weighted by Crippen LogP contribution is 2.11. The molecule has 0 spiro atoms. The van der Waals surface area contributed by atoms with Crippen molar-refractivity contribution >= 4 is 11.8 Å². The van der Waals surface area contributed by atoms with E-state index in [4.69, 9.17) is 0 Å². The topological polar surface area (TPSA) is 102 Å². The van der Waals surface area contributed by atoms with Crippen LogP contribution in [0.4, 0.5) is 4.39 Å². The largest absolute Gasteiger partial charge is 0.273 e. The van der Waals surface area contributed by atoms with E-state index in [0.29, 0.717) is 18.8 Å². The second-order valence-corrected chi connectivity index (χ2v) is 5.66. The average Bonchev–Trinajstić information content (AvgIpc) is 3.16. The van der Waals surface area contributed by atoms with Gasteiger partial charge in [-0.15, -0.1) is 10.2 Å². The van der Waals surface area contributed by atoms with Crippen LogP contribution in [0.15, 0.2) is 54.6 Å². The number of amides is 2. The summed E-state index contributed by atoms with van der Waals surface area (Å²) in [4.78, 5) is 25.0. The van der Waals surface area contributed by atoms with Crippen molar-refractivity contribution in [3.05, 3.63) is 66.0 Å². The molecule has 3 aromatic rings. The van der Waals surface area contributed by atoms with Crippen LogP contribution in [0.1, 0.15) is 23.2 Å². The second kappa shape index (κ2) is 8.65. The third-order valence-corrected chi connectivity index (χ3v) is 3.68. The molecule has 1 aromatic heterocycles. The summed E-state index contributed by atoms with van der Waals surface area (Å²) in [5.74, 6) is -1.26. The standard InChI is InChI=1S/C18H17FN6O2/c19-15-10-5-4-9-14(15)18(27)22-20-16(26)11-6-12-25-23-17(21-24-25)13-7-2-1-3-8-13/h1-5,7-10H,6,11-12H2,(H,20,26)(H,22,27). The number of hydrogen-bond donors (Lipinski definition) is 2. The van der Waals surface area contributed by atoms with E-state index in [2.05, 4.69) is 26.3 Å². The molecule has 0 unspecified atom stereocenters. The molecule has 0 atom stereocenters. The van der Waals surface area contributed by atoms with Gasteiger partial charge in [0.2, 0.25) is 11.7 Å². The van der Waals surface area contributed by atoms with Crippen LogP contribution in [0, 0.1) is 5.82 Å². The van der Waals surface area contributed by atoms with Gasteiger partial charge in [-0.25, -0.2) is 4.39 Å². The SMILES string of the molecule is O=C(CCCn1nnc(-c2ccccc2)n1)NNC(=O)c1ccccc1F. The lowest BCUT2D eigenvalue weighted by atomic mass is 10.2. The first-order chi connectivity index (χ1) is 13.1. The number of tetrazole rings is 1. The lowest BCUT2D eigenvalue weighted by Gasteiger charge is -2.07. The summed E-state index contributed by atoms with van der Waals surface area (Å²) in [5, 5.41) is 12.2. The molecule has 0 bridgehead atoms. The maximum absolute atomic E-state index is 13.5. The lowest BCUT2D eigenvalue weighted by Crippen LogP contribution is -2.41. The summed E-state index contributed by atoms with van der Waals surface area (Å²) < 4.78 is 13.5. The van der Waals surface area contributed by atoms with Gasteiger partial charge in [0.15, 0.2) is 0 Å². The maximum Gasteiger partial charge on any atom is 0.272 e. The third kappa shape index (κ3) is 4.94. The number of hydrogen-bond acceptors (Lipinski definition) is 5. The monoisotopic (exact) mass is 368 g/mol. The minimum atomic E-state index is -0.716. The molecule has 0 radical (unpaired) electrons. The Balaban J connectivity index is 1.42. The first-order valence-electron chi connectivity index (χ1n) is 8.30. The molecule has 2 amide bonds. The molecule has 3 rings (SSSR count). The fraction of sp³-hybridized carbons (Fsp3) is 0.167. The van der Waals surface area contributed by atoms with Crippen molar-refractivity contribution in [2.24, 2.45) is 0 Å². The second-order valence-electron chi connectivity index (χ2n) is 5.66. The number of aromatic nitrogens is 4. The fourth-order valence-corrected chi connectivity index (χ4v) is 2.32. The lowest BCUT2D eigenvalue weighted by molar-refractivity contribution is -0.122. The zero-order chi connectivity index (χ0) is 19.1. The molecule has 9 heteroatoms. The van der Waals surface area contributed by atoms with Gasteiger partial charge in [0.05, 0.1) is 12.1 Å². The molecule has 0 saturated carbocycles. The van der Waals surface area contributed by atoms with Gasteiger partial charge in [-0.1, -0.05) is 42.5 Å². The Morgan fingerprint density at radius 3 is 2.52 bits per heavy atom. The normalized spacial score (nSPS) is 10.4. The molecule has 0 aliphatic heterocycles. The predicted octanol–water partition coefficient (Wildman–Crippen LogP) is 1.72. The number of nitrogens with zero attached hydrogens (tertiary/aromatic N) is 4. The molecule has 0 aliphatic rings. The molecule has 1 heterocycles. The quantitative estimate of drug-likeness (QED) is 0.645. The first kappa shape index (κ1) is 18.2. The van der Waals surface area contributed by atoms with Gasteiger partial charge in [0.1, 0.15) is 5.82 Å². The van der Waals surface area contributed by atoms with Crippen molar-refractivity contribution in [1.29, 1.82) is 0 Å². The Bertz CT molecular complexity index is 928. The molecule has 138 valence electrons. The number of carbonyl (C=O) groups is 2. The predicted molar refractivity (Wildman–Crippen MR) is 94.5 cm³/mol. The minimum absolute atomic E-state index is 0.139. The van der Waals surface area contributed by atoms with Crippen LogP contribution in [-0.2, 0) is 11.3 Å². The number of hydrazine groups is 1. The molecule has 0 aliphatic carbocycles. The molecule has 0 saturated heterocycles. The first-order valence-corrected chi connectivity index (χ1v) is 8.30. The highest BCUT2D eigenvalue weighted by molar-refractivity contribution is 5.95. The molecule has 2 N–H and O–H groups in total. The highest BCUT2D eigenvalue weighted by atomic mass is 19.1. The van der Waals surface area contributed by atoms with Gasteiger partial charge < -0.3 is 0 Å². The van der Waals surface area contributed by atoms with Crippen LogP contribution < -0.4 is 10.9 Å². The average molecular weight is 368 g/mol. The summed E-state index contributed by atoms with van der Waals surface area (Å²) in [7, 11) is 0. The summed E-state index contributed by atoms with van der Waals surface area (Å²) in [6.45, 7) is 0.397. The van der Waals surface area contributed by atoms with Crippen molar-refractivity contribution in [2.45, 2.75) is 19.4 Å². The zero-order valence-electron chi connectivity index (χ0n) is 14.3. The zero-order valence-corrected chi connectivity index (χ0v) is 14.3. The molecule has 0 fully saturated rings. The van der Waals surface area contributed by atoms with Gasteiger partial charge in [-0.3, -0.25) is 20.4 Å². The number of aryl methyl sites for hydroxylation is 1. The molecular weight excluding hydrogens is 351 g/mol. The van der Waals surface area contributed by atoms with Crippen molar-refractivity contribution < 1.29 is 14.0 Å². The smallest absolute Gasteiger partial charge is 0.272 e. The van der Waals surface area contributed by atoms with Crippen LogP contribution in [0.3, 0.4) is 0 Å². The Kier molecular flexibility index (Phi) is 5.83. The van der Waals surface area contributed by atoms with Crippen LogP contribution in [-0.4, -0.2) is 32.0 Å². The van der Waals surface area contributed by atoms with Crippen molar-refractivity contribution in [2.75, 3.05) is 0 Å². The molecule has 2 aromatic carbocycles. The minimum Gasteiger partial charge on any atom is -0.273 e. The van der Waals surface area contributed by atoms with Crippen LogP contribution in [0.5, 0.6) is 0 Å². The number of rotatable bonds is 6. The van der Waals surface area contributed by atoms with Gasteiger partial charge in [-0.2, -0.15) is 4.80 Å². The number of benzene rings is 2. The fourth-order valence-electron chi connectivity index (χ4n) is 2.32. The van der Waals surface area contributed by atoms with E-state index in [1.807, 2.05) is 30.3 Å². The van der Waals surface area contributed by atoms with Gasteiger partial charge >= 0.3 is 0 Å². The summed E-state index contributed by atoms with van der Waals surface area (Å²) in [6.07, 6.45) is 0.589. The summed E-state index contributed by atoms with van der Waals surface area (Å²) >= 11 is 0. The highest BCUT2D eigenvalue weighted by Gasteiger charge is 2.12. The van der Waals surface area contributed by atoms with Gasteiger partial charge in [0.25, 0.3) is 5.91 Å². The van der Waals surface area contributed by atoms with E-state index in [1.165, 1.54) is 29.1 Å². The van der Waals surface area contributed by atoms with E-state index < -0.39 is 17.6 Å². The van der Waals surface area contributed by atoms with Crippen molar-refractivity contribution in [3.8, 4) is 11.4 Å². The van der Waals surface area contributed by atoms with Crippen molar-refractivity contribution in [3.63, 3.8) is 0 Å². The Labute approximate surface area is 154 Å². The number of carbonyl (C=O) groups excluding carboxylic acids is 2. The van der Waals surface area contributed by atoms with E-state index in [0.717, 1.165) is 5.56 Å². The Morgan fingerprint density at radius 1 is 1.00 bits per heavy atom. The van der Waals surface area contributed by atoms with Crippen LogP contribution >= 0.6 is 0 Å². The van der Waals surface area contributed by atoms with E-state index >= 15 is 0 Å². The van der Waals surface area contributed by atoms with Gasteiger partial charge in [0, 0.05) is 12.0 Å². The van der Waals surface area contributed by atoms with Crippen LogP contribution in [0.2, 0.25) is 0 Å². The Morgan fingerprint density at radius 2 is 1.74 bits per heavy atom. The van der Waals surface area contributed by atoms with Crippen molar-refractivity contribution in [1.82, 2.24) is 31.1 Å². The third-order valence-electron chi connectivity index (χ3n) is 3.68. The summed E-state index contributed by atoms with van der Waals surface area (Å²) in [6, 6.07) is 15.0. The number of halogens is 1. The Hall–Kier alpha value is -3.62. The number of nitrogens with one attached hydrogen (secondary N) is 2. The van der Waals surface area contributed by atoms with E-state index in [-0.39, 0.29) is 12.0 Å². The summed E-state index contributed by atoms with van der Waals surface area (Å²) in [5.41, 5.74) is 5.16. The molecule has 8 nitrogen and oxygen atoms in total. The molecule has 27 heavy (non-hydrogen) atoms. The molecular formula is C18H17FN6O2. The van der Waals surface area contributed by atoms with Gasteiger partial charge in [-0.05, 0) is 23.8 Å².